The van der Waals surface area contributed by atoms with E-state index in [2.05, 4.69) is 21.2 Å². The lowest BCUT2D eigenvalue weighted by Gasteiger charge is -2.38. The molecule has 1 aromatic rings. The first-order valence-corrected chi connectivity index (χ1v) is 6.37. The Balaban J connectivity index is 2.20. The molecule has 1 aromatic carbocycles. The summed E-state index contributed by atoms with van der Waals surface area (Å²) in [5.41, 5.74) is 5.73. The van der Waals surface area contributed by atoms with Gasteiger partial charge in [-0.3, -0.25) is 10.1 Å². The molecule has 1 saturated carbocycles. The van der Waals surface area contributed by atoms with Gasteiger partial charge in [-0.15, -0.1) is 0 Å². The summed E-state index contributed by atoms with van der Waals surface area (Å²) < 4.78 is 13.5. The van der Waals surface area contributed by atoms with Crippen molar-refractivity contribution in [3.8, 4) is 0 Å². The first-order chi connectivity index (χ1) is 8.41. The van der Waals surface area contributed by atoms with Crippen LogP contribution in [0.25, 0.3) is 0 Å². The molecule has 18 heavy (non-hydrogen) atoms. The number of nitrogens with zero attached hydrogens (tertiary/aromatic N) is 1. The molecule has 1 aliphatic carbocycles. The molecule has 3 N–H and O–H groups in total. The minimum absolute atomic E-state index is 0.190. The van der Waals surface area contributed by atoms with Crippen LogP contribution in [0.3, 0.4) is 0 Å². The first-order valence-electron chi connectivity index (χ1n) is 5.57. The van der Waals surface area contributed by atoms with E-state index in [0.29, 0.717) is 6.54 Å². The second-order valence-corrected chi connectivity index (χ2v) is 5.46. The van der Waals surface area contributed by atoms with E-state index in [1.165, 1.54) is 6.07 Å². The van der Waals surface area contributed by atoms with Crippen molar-refractivity contribution in [1.82, 2.24) is 0 Å². The van der Waals surface area contributed by atoms with E-state index in [4.69, 9.17) is 5.73 Å². The van der Waals surface area contributed by atoms with Gasteiger partial charge in [-0.05, 0) is 41.3 Å². The maximum atomic E-state index is 13.3. The number of nitrogens with two attached hydrogens (primary N) is 1. The summed E-state index contributed by atoms with van der Waals surface area (Å²) in [5.74, 6) is -0.654. The first kappa shape index (κ1) is 13.2. The molecule has 0 saturated heterocycles. The molecule has 0 amide bonds. The average molecular weight is 318 g/mol. The van der Waals surface area contributed by atoms with Gasteiger partial charge in [0.15, 0.2) is 0 Å². The quantitative estimate of drug-likeness (QED) is 0.661. The molecule has 0 heterocycles. The molecule has 0 spiro atoms. The van der Waals surface area contributed by atoms with Crippen molar-refractivity contribution >= 4 is 27.3 Å². The van der Waals surface area contributed by atoms with Crippen LogP contribution in [0, 0.1) is 15.9 Å². The molecule has 98 valence electrons. The summed E-state index contributed by atoms with van der Waals surface area (Å²) in [4.78, 5) is 10.2. The van der Waals surface area contributed by atoms with E-state index in [1.807, 2.05) is 0 Å². The number of rotatable bonds is 4. The van der Waals surface area contributed by atoms with Crippen LogP contribution in [0.15, 0.2) is 16.6 Å². The van der Waals surface area contributed by atoms with Gasteiger partial charge in [0, 0.05) is 12.1 Å². The largest absolute Gasteiger partial charge is 0.378 e. The van der Waals surface area contributed by atoms with Crippen LogP contribution in [0.2, 0.25) is 0 Å². The Hall–Kier alpha value is -1.21. The van der Waals surface area contributed by atoms with Crippen LogP contribution >= 0.6 is 15.9 Å². The van der Waals surface area contributed by atoms with Crippen LogP contribution < -0.4 is 11.1 Å². The van der Waals surface area contributed by atoms with E-state index in [9.17, 15) is 14.5 Å². The third-order valence-corrected chi connectivity index (χ3v) is 3.82. The lowest BCUT2D eigenvalue weighted by Crippen LogP contribution is -2.52. The molecule has 0 aromatic heterocycles. The zero-order valence-electron chi connectivity index (χ0n) is 9.58. The average Bonchev–Trinajstić information content (AvgIpc) is 2.27. The molecule has 0 atom stereocenters. The number of anilines is 1. The number of nitro benzene ring substituents is 1. The van der Waals surface area contributed by atoms with Gasteiger partial charge in [-0.2, -0.15) is 0 Å². The monoisotopic (exact) mass is 317 g/mol. The van der Waals surface area contributed by atoms with E-state index in [1.54, 1.807) is 0 Å². The molecule has 1 fully saturated rings. The Morgan fingerprint density at radius 1 is 1.56 bits per heavy atom. The van der Waals surface area contributed by atoms with Crippen LogP contribution in [0.4, 0.5) is 15.8 Å². The molecular weight excluding hydrogens is 305 g/mol. The molecule has 5 nitrogen and oxygen atoms in total. The maximum Gasteiger partial charge on any atom is 0.295 e. The van der Waals surface area contributed by atoms with E-state index in [0.717, 1.165) is 25.3 Å². The van der Waals surface area contributed by atoms with Crippen molar-refractivity contribution in [1.29, 1.82) is 0 Å². The summed E-state index contributed by atoms with van der Waals surface area (Å²) in [6, 6.07) is 2.27. The Bertz CT molecular complexity index is 491. The van der Waals surface area contributed by atoms with Crippen molar-refractivity contribution in [3.05, 3.63) is 32.5 Å². The number of nitrogens with one attached hydrogen (secondary N) is 1. The third kappa shape index (κ3) is 2.62. The number of hydrogen-bond acceptors (Lipinski definition) is 4. The number of halogens is 2. The summed E-state index contributed by atoms with van der Waals surface area (Å²) in [6.45, 7) is 0.450. The predicted octanol–water partition coefficient (Wildman–Crippen LogP) is 2.79. The molecule has 0 radical (unpaired) electrons. The van der Waals surface area contributed by atoms with Gasteiger partial charge in [0.25, 0.3) is 5.69 Å². The van der Waals surface area contributed by atoms with E-state index < -0.39 is 10.7 Å². The highest BCUT2D eigenvalue weighted by Crippen LogP contribution is 2.33. The van der Waals surface area contributed by atoms with E-state index in [-0.39, 0.29) is 21.4 Å². The van der Waals surface area contributed by atoms with Gasteiger partial charge in [0.05, 0.1) is 15.5 Å². The molecular formula is C11H13BrFN3O2. The van der Waals surface area contributed by atoms with Crippen molar-refractivity contribution in [2.45, 2.75) is 24.8 Å². The normalized spacial score (nSPS) is 17.1. The number of nitro groups is 1. The third-order valence-electron chi connectivity index (χ3n) is 3.22. The highest BCUT2D eigenvalue weighted by atomic mass is 79.9. The topological polar surface area (TPSA) is 81.2 Å². The standard InChI is InChI=1S/C11H13BrFN3O2/c12-7-4-9(10(16(17)18)5-8(7)13)15-6-11(14)2-1-3-11/h4-5,15H,1-3,6,14H2. The Morgan fingerprint density at radius 2 is 2.22 bits per heavy atom. The Morgan fingerprint density at radius 3 is 2.72 bits per heavy atom. The Kier molecular flexibility index (Phi) is 3.54. The SMILES string of the molecule is NC1(CNc2cc(Br)c(F)cc2[N+](=O)[O-])CCC1. The second kappa shape index (κ2) is 4.81. The molecule has 0 bridgehead atoms. The summed E-state index contributed by atoms with van der Waals surface area (Å²) in [5, 5.41) is 13.8. The van der Waals surface area contributed by atoms with Gasteiger partial charge < -0.3 is 11.1 Å². The summed E-state index contributed by atoms with van der Waals surface area (Å²) in [6.07, 6.45) is 2.87. The van der Waals surface area contributed by atoms with Gasteiger partial charge >= 0.3 is 0 Å². The van der Waals surface area contributed by atoms with Gasteiger partial charge in [0.2, 0.25) is 0 Å². The molecule has 0 unspecified atom stereocenters. The fourth-order valence-electron chi connectivity index (χ4n) is 1.91. The zero-order valence-corrected chi connectivity index (χ0v) is 11.2. The fraction of sp³-hybridized carbons (Fsp3) is 0.455. The van der Waals surface area contributed by atoms with Crippen LogP contribution in [-0.4, -0.2) is 17.0 Å². The van der Waals surface area contributed by atoms with Crippen molar-refractivity contribution in [2.75, 3.05) is 11.9 Å². The minimum atomic E-state index is -0.654. The Labute approximate surface area is 112 Å². The molecule has 0 aliphatic heterocycles. The van der Waals surface area contributed by atoms with Gasteiger partial charge in [-0.1, -0.05) is 0 Å². The van der Waals surface area contributed by atoms with Crippen molar-refractivity contribution < 1.29 is 9.31 Å². The maximum absolute atomic E-state index is 13.3. The minimum Gasteiger partial charge on any atom is -0.378 e. The molecule has 7 heteroatoms. The predicted molar refractivity (Wildman–Crippen MR) is 70.0 cm³/mol. The summed E-state index contributed by atoms with van der Waals surface area (Å²) >= 11 is 3.01. The van der Waals surface area contributed by atoms with Crippen LogP contribution in [-0.2, 0) is 0 Å². The lowest BCUT2D eigenvalue weighted by atomic mass is 9.78. The number of benzene rings is 1. The highest BCUT2D eigenvalue weighted by Gasteiger charge is 2.32. The van der Waals surface area contributed by atoms with Crippen molar-refractivity contribution in [3.63, 3.8) is 0 Å². The second-order valence-electron chi connectivity index (χ2n) is 4.61. The van der Waals surface area contributed by atoms with Crippen LogP contribution in [0.5, 0.6) is 0 Å². The smallest absolute Gasteiger partial charge is 0.295 e. The zero-order chi connectivity index (χ0) is 13.3. The molecule has 1 aliphatic rings. The van der Waals surface area contributed by atoms with E-state index >= 15 is 0 Å². The number of hydrogen-bond donors (Lipinski definition) is 2. The van der Waals surface area contributed by atoms with Gasteiger partial charge in [0.1, 0.15) is 11.5 Å². The van der Waals surface area contributed by atoms with Crippen LogP contribution in [0.1, 0.15) is 19.3 Å². The fourth-order valence-corrected chi connectivity index (χ4v) is 2.25. The molecule has 2 rings (SSSR count). The van der Waals surface area contributed by atoms with Crippen molar-refractivity contribution in [2.24, 2.45) is 5.73 Å². The summed E-state index contributed by atoms with van der Waals surface area (Å²) in [7, 11) is 0. The highest BCUT2D eigenvalue weighted by molar-refractivity contribution is 9.10. The lowest BCUT2D eigenvalue weighted by molar-refractivity contribution is -0.384. The van der Waals surface area contributed by atoms with Gasteiger partial charge in [-0.25, -0.2) is 4.39 Å².